The summed E-state index contributed by atoms with van der Waals surface area (Å²) in [4.78, 5) is 16.9. The van der Waals surface area contributed by atoms with E-state index in [4.69, 9.17) is 9.47 Å². The molecule has 2 aromatic rings. The number of amides is 1. The average Bonchev–Trinajstić information content (AvgIpc) is 3.33. The first-order valence-electron chi connectivity index (χ1n) is 10.8. The van der Waals surface area contributed by atoms with Gasteiger partial charge < -0.3 is 14.4 Å². The molecule has 0 radical (unpaired) electrons. The highest BCUT2D eigenvalue weighted by Gasteiger charge is 2.26. The van der Waals surface area contributed by atoms with Crippen molar-refractivity contribution in [2.75, 3.05) is 33.3 Å². The van der Waals surface area contributed by atoms with Crippen LogP contribution >= 0.6 is 0 Å². The topological polar surface area (TPSA) is 42.0 Å². The zero-order valence-corrected chi connectivity index (χ0v) is 17.8. The first-order valence-corrected chi connectivity index (χ1v) is 10.8. The molecule has 0 spiro atoms. The van der Waals surface area contributed by atoms with E-state index < -0.39 is 11.6 Å². The molecule has 2 saturated heterocycles. The molecule has 0 aliphatic carbocycles. The van der Waals surface area contributed by atoms with Crippen molar-refractivity contribution in [3.63, 3.8) is 0 Å². The van der Waals surface area contributed by atoms with Crippen LogP contribution in [0, 0.1) is 11.6 Å². The Labute approximate surface area is 181 Å². The molecule has 0 bridgehead atoms. The predicted octanol–water partition coefficient (Wildman–Crippen LogP) is 4.25. The molecular formula is C24H28F2N2O3. The number of carbonyl (C=O) groups is 1. The molecule has 2 fully saturated rings. The summed E-state index contributed by atoms with van der Waals surface area (Å²) in [6.45, 7) is 3.34. The molecule has 2 aliphatic heterocycles. The number of likely N-dealkylation sites (tertiary alicyclic amines) is 2. The Hall–Kier alpha value is -2.67. The Morgan fingerprint density at radius 3 is 2.52 bits per heavy atom. The maximum absolute atomic E-state index is 14.0. The minimum absolute atomic E-state index is 0.00540. The van der Waals surface area contributed by atoms with Crippen molar-refractivity contribution in [2.45, 2.75) is 38.3 Å². The van der Waals surface area contributed by atoms with Crippen LogP contribution in [0.5, 0.6) is 11.5 Å². The standard InChI is InChI=1S/C24H28F2N2O3/c1-30-19-7-8-20(24(29)28-11-2-3-12-28)22(15-19)31-18-9-13-27(14-10-18)16-17-5-4-6-21(25)23(17)26/h4-8,15,18H,2-3,9-14,16H2,1H3. The fourth-order valence-corrected chi connectivity index (χ4v) is 4.27. The highest BCUT2D eigenvalue weighted by Crippen LogP contribution is 2.30. The average molecular weight is 430 g/mol. The lowest BCUT2D eigenvalue weighted by Crippen LogP contribution is -2.38. The van der Waals surface area contributed by atoms with Crippen LogP contribution in [0.1, 0.15) is 41.6 Å². The van der Waals surface area contributed by atoms with E-state index in [2.05, 4.69) is 4.90 Å². The summed E-state index contributed by atoms with van der Waals surface area (Å²) in [5.41, 5.74) is 0.928. The SMILES string of the molecule is COc1ccc(C(=O)N2CCCC2)c(OC2CCN(Cc3cccc(F)c3F)CC2)c1. The van der Waals surface area contributed by atoms with Crippen molar-refractivity contribution in [1.82, 2.24) is 9.80 Å². The molecule has 4 rings (SSSR count). The van der Waals surface area contributed by atoms with Crippen LogP contribution in [0.15, 0.2) is 36.4 Å². The molecule has 0 saturated carbocycles. The second-order valence-electron chi connectivity index (χ2n) is 8.17. The van der Waals surface area contributed by atoms with Crippen molar-refractivity contribution < 1.29 is 23.0 Å². The van der Waals surface area contributed by atoms with Gasteiger partial charge in [-0.3, -0.25) is 9.69 Å². The van der Waals surface area contributed by atoms with Crippen LogP contribution in [0.4, 0.5) is 8.78 Å². The van der Waals surface area contributed by atoms with Crippen LogP contribution in [0.2, 0.25) is 0 Å². The number of rotatable bonds is 6. The molecule has 7 heteroatoms. The summed E-state index contributed by atoms with van der Waals surface area (Å²) in [7, 11) is 1.59. The number of halogens is 2. The molecular weight excluding hydrogens is 402 g/mol. The zero-order chi connectivity index (χ0) is 21.8. The lowest BCUT2D eigenvalue weighted by molar-refractivity contribution is 0.0764. The van der Waals surface area contributed by atoms with Gasteiger partial charge in [0.25, 0.3) is 5.91 Å². The van der Waals surface area contributed by atoms with Crippen molar-refractivity contribution in [2.24, 2.45) is 0 Å². The predicted molar refractivity (Wildman–Crippen MR) is 113 cm³/mol. The Bertz CT molecular complexity index is 923. The summed E-state index contributed by atoms with van der Waals surface area (Å²) in [6.07, 6.45) is 3.49. The Morgan fingerprint density at radius 2 is 1.81 bits per heavy atom. The Balaban J connectivity index is 1.40. The fraction of sp³-hybridized carbons (Fsp3) is 0.458. The largest absolute Gasteiger partial charge is 0.497 e. The van der Waals surface area contributed by atoms with Crippen LogP contribution in [-0.4, -0.2) is 55.1 Å². The Kier molecular flexibility index (Phi) is 6.70. The van der Waals surface area contributed by atoms with E-state index in [1.165, 1.54) is 6.07 Å². The zero-order valence-electron chi connectivity index (χ0n) is 17.8. The summed E-state index contributed by atoms with van der Waals surface area (Å²) < 4.78 is 39.0. The van der Waals surface area contributed by atoms with Crippen molar-refractivity contribution in [1.29, 1.82) is 0 Å². The number of benzene rings is 2. The van der Waals surface area contributed by atoms with Gasteiger partial charge in [-0.15, -0.1) is 0 Å². The van der Waals surface area contributed by atoms with Crippen molar-refractivity contribution in [3.05, 3.63) is 59.2 Å². The number of methoxy groups -OCH3 is 1. The summed E-state index contributed by atoms with van der Waals surface area (Å²) >= 11 is 0. The first kappa shape index (κ1) is 21.6. The number of piperidine rings is 1. The second kappa shape index (κ2) is 9.64. The summed E-state index contributed by atoms with van der Waals surface area (Å²) in [5, 5.41) is 0. The monoisotopic (exact) mass is 430 g/mol. The van der Waals surface area contributed by atoms with E-state index in [9.17, 15) is 13.6 Å². The van der Waals surface area contributed by atoms with Gasteiger partial charge in [-0.2, -0.15) is 0 Å². The molecule has 166 valence electrons. The lowest BCUT2D eigenvalue weighted by Gasteiger charge is -2.32. The number of hydrogen-bond donors (Lipinski definition) is 0. The van der Waals surface area contributed by atoms with E-state index in [0.29, 0.717) is 42.3 Å². The molecule has 2 aliphatic rings. The number of hydrogen-bond acceptors (Lipinski definition) is 4. The van der Waals surface area contributed by atoms with Crippen LogP contribution in [0.3, 0.4) is 0 Å². The van der Waals surface area contributed by atoms with Crippen LogP contribution in [0.25, 0.3) is 0 Å². The van der Waals surface area contributed by atoms with E-state index in [0.717, 1.165) is 44.8 Å². The maximum atomic E-state index is 14.0. The van der Waals surface area contributed by atoms with Gasteiger partial charge in [-0.1, -0.05) is 12.1 Å². The molecule has 2 heterocycles. The molecule has 5 nitrogen and oxygen atoms in total. The number of carbonyl (C=O) groups excluding carboxylic acids is 1. The molecule has 31 heavy (non-hydrogen) atoms. The second-order valence-corrected chi connectivity index (χ2v) is 8.17. The minimum atomic E-state index is -0.816. The smallest absolute Gasteiger partial charge is 0.257 e. The van der Waals surface area contributed by atoms with Gasteiger partial charge in [0.2, 0.25) is 0 Å². The molecule has 0 aromatic heterocycles. The highest BCUT2D eigenvalue weighted by atomic mass is 19.2. The third-order valence-corrected chi connectivity index (χ3v) is 6.07. The van der Waals surface area contributed by atoms with E-state index in [1.54, 1.807) is 31.4 Å². The lowest BCUT2D eigenvalue weighted by atomic mass is 10.1. The van der Waals surface area contributed by atoms with Gasteiger partial charge in [0, 0.05) is 44.4 Å². The summed E-state index contributed by atoms with van der Waals surface area (Å²) in [6, 6.07) is 9.62. The molecule has 0 unspecified atom stereocenters. The van der Waals surface area contributed by atoms with Gasteiger partial charge in [-0.25, -0.2) is 8.78 Å². The van der Waals surface area contributed by atoms with Crippen molar-refractivity contribution >= 4 is 5.91 Å². The number of nitrogens with zero attached hydrogens (tertiary/aromatic N) is 2. The number of ether oxygens (including phenoxy) is 2. The van der Waals surface area contributed by atoms with E-state index in [-0.39, 0.29) is 12.0 Å². The first-order chi connectivity index (χ1) is 15.0. The summed E-state index contributed by atoms with van der Waals surface area (Å²) in [5.74, 6) is -0.404. The minimum Gasteiger partial charge on any atom is -0.497 e. The van der Waals surface area contributed by atoms with Gasteiger partial charge >= 0.3 is 0 Å². The van der Waals surface area contributed by atoms with Gasteiger partial charge in [-0.05, 0) is 43.9 Å². The molecule has 0 atom stereocenters. The van der Waals surface area contributed by atoms with E-state index >= 15 is 0 Å². The normalized spacial score (nSPS) is 17.7. The quantitative estimate of drug-likeness (QED) is 0.687. The van der Waals surface area contributed by atoms with Gasteiger partial charge in [0.05, 0.1) is 12.7 Å². The van der Waals surface area contributed by atoms with Crippen LogP contribution < -0.4 is 9.47 Å². The fourth-order valence-electron chi connectivity index (χ4n) is 4.27. The van der Waals surface area contributed by atoms with Gasteiger partial charge in [0.1, 0.15) is 17.6 Å². The van der Waals surface area contributed by atoms with Gasteiger partial charge in [0.15, 0.2) is 11.6 Å². The van der Waals surface area contributed by atoms with E-state index in [1.807, 2.05) is 4.90 Å². The highest BCUT2D eigenvalue weighted by molar-refractivity contribution is 5.97. The van der Waals surface area contributed by atoms with Crippen molar-refractivity contribution in [3.8, 4) is 11.5 Å². The molecule has 2 aromatic carbocycles. The maximum Gasteiger partial charge on any atom is 0.257 e. The molecule has 1 amide bonds. The van der Waals surface area contributed by atoms with Crippen LogP contribution in [-0.2, 0) is 6.54 Å². The Morgan fingerprint density at radius 1 is 1.06 bits per heavy atom. The molecule has 0 N–H and O–H groups in total. The third kappa shape index (κ3) is 4.98. The third-order valence-electron chi connectivity index (χ3n) is 6.07.